The number of rotatable bonds is 2. The average Bonchev–Trinajstić information content (AvgIpc) is 3.91. The van der Waals surface area contributed by atoms with E-state index in [4.69, 9.17) is 75.8 Å². The number of aliphatic hydroxyl groups excluding tert-OH is 2. The molecule has 450 valence electrons. The molecule has 0 aromatic carbocycles. The Morgan fingerprint density at radius 1 is 0.543 bits per heavy atom. The lowest BCUT2D eigenvalue weighted by Crippen LogP contribution is -2.62. The highest BCUT2D eigenvalue weighted by atomic mass is 16.8. The first-order valence-corrected chi connectivity index (χ1v) is 31.4. The Morgan fingerprint density at radius 3 is 2.10 bits per heavy atom. The van der Waals surface area contributed by atoms with E-state index >= 15 is 0 Å². The van der Waals surface area contributed by atoms with Gasteiger partial charge in [-0.1, -0.05) is 40.9 Å². The van der Waals surface area contributed by atoms with Crippen LogP contribution >= 0.6 is 0 Å². The van der Waals surface area contributed by atoms with Gasteiger partial charge in [0, 0.05) is 63.2 Å². The zero-order valence-electron chi connectivity index (χ0n) is 47.4. The van der Waals surface area contributed by atoms with Crippen molar-refractivity contribution < 1.29 is 95.9 Å². The van der Waals surface area contributed by atoms with Crippen LogP contribution in [0.2, 0.25) is 0 Å². The molecule has 17 aliphatic heterocycles. The van der Waals surface area contributed by atoms with E-state index in [2.05, 4.69) is 40.9 Å². The molecule has 17 fully saturated rings. The fourth-order valence-electron chi connectivity index (χ4n) is 19.0. The molecule has 17 aliphatic rings. The van der Waals surface area contributed by atoms with Crippen LogP contribution in [0.15, 0.2) is 24.3 Å². The van der Waals surface area contributed by atoms with Crippen molar-refractivity contribution in [2.75, 3.05) is 13.2 Å². The summed E-state index contributed by atoms with van der Waals surface area (Å²) >= 11 is 0. The largest absolute Gasteiger partial charge is 0.459 e. The summed E-state index contributed by atoms with van der Waals surface area (Å²) in [6, 6.07) is 0. The number of carbonyl (C=O) groups excluding carboxylic acids is 1. The van der Waals surface area contributed by atoms with Crippen LogP contribution in [0, 0.1) is 29.6 Å². The highest BCUT2D eigenvalue weighted by molar-refractivity contribution is 5.70. The third-order valence-corrected chi connectivity index (χ3v) is 22.8. The fraction of sp³-hybridized carbons (Fsp3) is 0.918. The lowest BCUT2D eigenvalue weighted by molar-refractivity contribution is -0.370. The lowest BCUT2D eigenvalue weighted by atomic mass is 9.77. The Morgan fingerprint density at radius 2 is 1.25 bits per heavy atom. The van der Waals surface area contributed by atoms with Crippen LogP contribution in [0.4, 0.5) is 0 Å². The monoisotopic (exact) mass is 1140 g/mol. The molecule has 0 aromatic rings. The van der Waals surface area contributed by atoms with Crippen molar-refractivity contribution in [1.82, 2.24) is 0 Å². The van der Waals surface area contributed by atoms with Crippen molar-refractivity contribution in [3.8, 4) is 0 Å². The molecule has 0 aliphatic carbocycles. The third kappa shape index (κ3) is 9.04. The second-order valence-electron chi connectivity index (χ2n) is 28.3. The predicted molar refractivity (Wildman–Crippen MR) is 278 cm³/mol. The normalized spacial score (nSPS) is 59.3. The highest BCUT2D eigenvalue weighted by Crippen LogP contribution is 2.60. The molecule has 0 aromatic heterocycles. The van der Waals surface area contributed by atoms with Crippen molar-refractivity contribution in [2.45, 2.75) is 306 Å². The number of aliphatic hydroxyl groups is 3. The van der Waals surface area contributed by atoms with Gasteiger partial charge < -0.3 is 91.1 Å². The van der Waals surface area contributed by atoms with Crippen molar-refractivity contribution >= 4 is 5.97 Å². The molecule has 3 spiro atoms. The first-order chi connectivity index (χ1) is 38.9. The van der Waals surface area contributed by atoms with E-state index in [0.29, 0.717) is 77.2 Å². The molecule has 17 rings (SSSR count). The summed E-state index contributed by atoms with van der Waals surface area (Å²) in [5, 5.41) is 32.2. The summed E-state index contributed by atoms with van der Waals surface area (Å²) in [5.41, 5.74) is 2.09. The molecule has 20 nitrogen and oxygen atoms in total. The minimum Gasteiger partial charge on any atom is -0.459 e. The Bertz CT molecular complexity index is 2470. The summed E-state index contributed by atoms with van der Waals surface area (Å²) in [6.45, 7) is 17.9. The maximum Gasteiger partial charge on any atom is 0.308 e. The number of hydrogen-bond acceptors (Lipinski definition) is 20. The van der Waals surface area contributed by atoms with Crippen molar-refractivity contribution in [2.24, 2.45) is 29.6 Å². The number of fused-ring (bicyclic) bond motifs is 11. The van der Waals surface area contributed by atoms with Crippen molar-refractivity contribution in [1.29, 1.82) is 0 Å². The molecule has 17 heterocycles. The van der Waals surface area contributed by atoms with Gasteiger partial charge in [0.1, 0.15) is 36.6 Å². The van der Waals surface area contributed by atoms with E-state index in [1.165, 1.54) is 0 Å². The zero-order chi connectivity index (χ0) is 55.2. The number of ether oxygens (including phenoxy) is 16. The number of carbonyl (C=O) groups is 1. The van der Waals surface area contributed by atoms with Gasteiger partial charge in [0.2, 0.25) is 5.79 Å². The molecule has 81 heavy (non-hydrogen) atoms. The molecule has 12 bridgehead atoms. The molecular formula is C61H86O20. The van der Waals surface area contributed by atoms with Gasteiger partial charge in [0.05, 0.1) is 136 Å². The summed E-state index contributed by atoms with van der Waals surface area (Å²) in [5.74, 6) is -4.88. The second-order valence-corrected chi connectivity index (χ2v) is 28.3. The zero-order valence-corrected chi connectivity index (χ0v) is 47.4. The lowest BCUT2D eigenvalue weighted by Gasteiger charge is -2.54. The highest BCUT2D eigenvalue weighted by Gasteiger charge is 2.75. The van der Waals surface area contributed by atoms with Crippen LogP contribution < -0.4 is 0 Å². The van der Waals surface area contributed by atoms with Crippen molar-refractivity contribution in [3.63, 3.8) is 0 Å². The van der Waals surface area contributed by atoms with Gasteiger partial charge in [-0.2, -0.15) is 0 Å². The molecule has 20 heteroatoms. The van der Waals surface area contributed by atoms with E-state index in [-0.39, 0.29) is 140 Å². The fourth-order valence-corrected chi connectivity index (χ4v) is 19.0. The Hall–Kier alpha value is -1.77. The van der Waals surface area contributed by atoms with E-state index in [1.54, 1.807) is 0 Å². The van der Waals surface area contributed by atoms with Crippen LogP contribution in [0.1, 0.15) is 137 Å². The molecule has 33 atom stereocenters. The quantitative estimate of drug-likeness (QED) is 0.256. The Labute approximate surface area is 474 Å². The topological polar surface area (TPSA) is 225 Å². The van der Waals surface area contributed by atoms with E-state index in [1.807, 2.05) is 0 Å². The van der Waals surface area contributed by atoms with E-state index in [9.17, 15) is 20.1 Å². The molecule has 0 saturated carbocycles. The smallest absolute Gasteiger partial charge is 0.308 e. The van der Waals surface area contributed by atoms with Gasteiger partial charge in [-0.05, 0) is 73.8 Å². The maximum atomic E-state index is 14.6. The minimum absolute atomic E-state index is 0.0214. The summed E-state index contributed by atoms with van der Waals surface area (Å²) in [4.78, 5) is 14.6. The summed E-state index contributed by atoms with van der Waals surface area (Å²) in [6.07, 6.45) is 0.657. The molecule has 3 N–H and O–H groups in total. The molecule has 0 radical (unpaired) electrons. The maximum absolute atomic E-state index is 14.6. The first-order valence-electron chi connectivity index (χ1n) is 31.4. The van der Waals surface area contributed by atoms with Gasteiger partial charge in [0.25, 0.3) is 0 Å². The molecule has 1 unspecified atom stereocenters. The van der Waals surface area contributed by atoms with Crippen LogP contribution in [0.25, 0.3) is 0 Å². The summed E-state index contributed by atoms with van der Waals surface area (Å²) < 4.78 is 110. The third-order valence-electron chi connectivity index (χ3n) is 22.8. The van der Waals surface area contributed by atoms with E-state index in [0.717, 1.165) is 36.8 Å². The van der Waals surface area contributed by atoms with Gasteiger partial charge >= 0.3 is 5.97 Å². The number of hydrogen-bond donors (Lipinski definition) is 3. The van der Waals surface area contributed by atoms with Gasteiger partial charge in [-0.15, -0.1) is 0 Å². The SMILES string of the molecule is C=C1C[C@@H]2CC[C@@]34C[C@]5(O)O[C@H]6[C@@H](O3)[C@H]3O[C@H](CC[C@@H]3O[C@H]6C5O4)CC(=O)O[C@@H]3[C@@H](C)[C@@H]4O[C@@H]5C[C@@]6(C[C@@H]7O[C@]8(C[C@H](C)[C@@H]9O[C@@H]%10[C@@H]([C@@H](O)CO)CO[C@@H]%10C[C@@H]9O8)C[C@H](C)[C@@H]7O6)O[C@@H]5C[C@@H]4O[C@H]3C[C@H]3O[C@@H](CC[C@@H]1O2)C[C@@H](C)C3=C. The van der Waals surface area contributed by atoms with Gasteiger partial charge in [-0.25, -0.2) is 0 Å². The van der Waals surface area contributed by atoms with Crippen molar-refractivity contribution in [3.05, 3.63) is 24.3 Å². The molecule has 0 amide bonds. The van der Waals surface area contributed by atoms with Crippen LogP contribution in [-0.2, 0) is 80.6 Å². The van der Waals surface area contributed by atoms with Crippen LogP contribution in [0.3, 0.4) is 0 Å². The van der Waals surface area contributed by atoms with Crippen LogP contribution in [-0.4, -0.2) is 204 Å². The molecule has 17 saturated heterocycles. The van der Waals surface area contributed by atoms with Crippen LogP contribution in [0.5, 0.6) is 0 Å². The summed E-state index contributed by atoms with van der Waals surface area (Å²) in [7, 11) is 0. The first kappa shape index (κ1) is 54.6. The number of esters is 1. The Kier molecular flexibility index (Phi) is 13.4. The Balaban J connectivity index is 0.630. The van der Waals surface area contributed by atoms with Gasteiger partial charge in [-0.3, -0.25) is 4.79 Å². The standard InChI is InChI=1S/C61H86O20/c1-26-13-32-7-9-37-27(2)14-34(67-37)11-12-58-25-61(65)57(81-58)56-55(80-61)54(79-58)53-38(71-56)10-8-33(69-53)15-47(64)73-51-31(6)50-43(70-42(51)16-39(68-32)30(26)5)17-40-45(72-50)21-60(75-40)22-46-49(78-60)29(4)20-59(77-46)19-28(3)48-44(76-59)18-41-52(74-48)35(24-66-41)36(63)23-62/h26,28-29,31-46,48-57,62-63,65H,2,5,7-25H2,1,3-4,6H3/t26-,28+,29+,31+,32+,33-,34+,35-,36+,37+,38+,39-,40-,41-,42+,43+,44+,45-,46+,48+,49+,50+,51-,52-,53+,54+,55+,56-,57?,58-,59-,60-,61+/m1/s1. The second kappa shape index (κ2) is 19.9. The van der Waals surface area contributed by atoms with Gasteiger partial charge in [0.15, 0.2) is 17.4 Å². The predicted octanol–water partition coefficient (Wildman–Crippen LogP) is 4.51. The molecular weight excluding hydrogens is 1050 g/mol. The average molecular weight is 1140 g/mol. The minimum atomic E-state index is -1.54. The van der Waals surface area contributed by atoms with E-state index < -0.39 is 84.2 Å².